The van der Waals surface area contributed by atoms with Gasteiger partial charge in [-0.05, 0) is 84.5 Å². The van der Waals surface area contributed by atoms with Gasteiger partial charge in [0.05, 0.1) is 12.2 Å². The van der Waals surface area contributed by atoms with Gasteiger partial charge in [-0.25, -0.2) is 4.39 Å². The molecule has 1 aromatic heterocycles. The number of carbonyl (C=O) groups excluding carboxylic acids is 2. The van der Waals surface area contributed by atoms with Crippen molar-refractivity contribution in [2.45, 2.75) is 40.0 Å². The van der Waals surface area contributed by atoms with E-state index in [2.05, 4.69) is 19.2 Å². The van der Waals surface area contributed by atoms with Crippen molar-refractivity contribution in [2.24, 2.45) is 5.92 Å². The topological polar surface area (TPSA) is 68.5 Å². The zero-order chi connectivity index (χ0) is 26.5. The Hall–Kier alpha value is -3.93. The van der Waals surface area contributed by atoms with E-state index in [1.54, 1.807) is 25.2 Å². The Morgan fingerprint density at radius 2 is 1.70 bits per heavy atom. The van der Waals surface area contributed by atoms with Crippen molar-refractivity contribution in [3.05, 3.63) is 77.6 Å². The summed E-state index contributed by atoms with van der Waals surface area (Å²) in [6.07, 6.45) is 2.14. The molecule has 0 radical (unpaired) electrons. The molecule has 0 aliphatic rings. The van der Waals surface area contributed by atoms with Gasteiger partial charge in [0.25, 0.3) is 5.91 Å². The van der Waals surface area contributed by atoms with Crippen molar-refractivity contribution in [3.63, 3.8) is 0 Å². The number of hydrogen-bond donors (Lipinski definition) is 1. The van der Waals surface area contributed by atoms with Gasteiger partial charge in [-0.15, -0.1) is 0 Å². The van der Waals surface area contributed by atoms with E-state index >= 15 is 0 Å². The summed E-state index contributed by atoms with van der Waals surface area (Å²) in [7, 11) is 1.56. The smallest absolute Gasteiger partial charge is 0.255 e. The minimum absolute atomic E-state index is 0.0749. The first-order valence-corrected chi connectivity index (χ1v) is 12.7. The summed E-state index contributed by atoms with van der Waals surface area (Å²) in [5, 5.41) is 3.31. The van der Waals surface area contributed by atoms with Crippen molar-refractivity contribution in [3.8, 4) is 28.2 Å². The molecule has 6 heteroatoms. The molecule has 1 N–H and O–H groups in total. The number of rotatable bonds is 10. The maximum absolute atomic E-state index is 13.5. The third kappa shape index (κ3) is 5.91. The molecule has 192 valence electrons. The molecule has 0 unspecified atom stereocenters. The van der Waals surface area contributed by atoms with Gasteiger partial charge in [-0.2, -0.15) is 0 Å². The van der Waals surface area contributed by atoms with Crippen molar-refractivity contribution in [1.29, 1.82) is 0 Å². The highest BCUT2D eigenvalue weighted by atomic mass is 19.1. The van der Waals surface area contributed by atoms with E-state index in [9.17, 15) is 14.0 Å². The quantitative estimate of drug-likeness (QED) is 0.226. The molecule has 5 nitrogen and oxygen atoms in total. The predicted octanol–water partition coefficient (Wildman–Crippen LogP) is 7.67. The van der Waals surface area contributed by atoms with Crippen LogP contribution in [-0.4, -0.2) is 25.3 Å². The molecular weight excluding hydrogens is 469 g/mol. The van der Waals surface area contributed by atoms with Gasteiger partial charge in [0, 0.05) is 30.0 Å². The molecule has 3 aromatic carbocycles. The third-order valence-corrected chi connectivity index (χ3v) is 6.23. The average molecular weight is 502 g/mol. The van der Waals surface area contributed by atoms with Gasteiger partial charge >= 0.3 is 0 Å². The number of ether oxygens (including phenoxy) is 1. The van der Waals surface area contributed by atoms with E-state index in [1.807, 2.05) is 37.3 Å². The molecule has 4 aromatic rings. The first-order valence-electron chi connectivity index (χ1n) is 12.7. The molecule has 0 saturated carbocycles. The van der Waals surface area contributed by atoms with Crippen LogP contribution in [0, 0.1) is 11.7 Å². The largest absolute Gasteiger partial charge is 0.494 e. The highest BCUT2D eigenvalue weighted by Gasteiger charge is 2.22. The van der Waals surface area contributed by atoms with E-state index in [0.717, 1.165) is 24.0 Å². The standard InChI is InChI=1S/C31H32FNO4/c1-5-14-36-25-16-22(15-23(17-25)27(34)12-6-19(2)3)21-9-13-28-26(18-21)29(31(35)33-4)30(37-28)20-7-10-24(32)11-8-20/h7-11,13,15-19H,5-6,12,14H2,1-4H3,(H,33,35). The fraction of sp³-hybridized carbons (Fsp3) is 0.290. The SMILES string of the molecule is CCCOc1cc(C(=O)CCC(C)C)cc(-c2ccc3oc(-c4ccc(F)cc4)c(C(=O)NC)c3c2)c1. The number of halogens is 1. The van der Waals surface area contributed by atoms with Crippen LogP contribution in [0.5, 0.6) is 5.75 Å². The van der Waals surface area contributed by atoms with Crippen LogP contribution in [0.15, 0.2) is 65.1 Å². The normalized spacial score (nSPS) is 11.2. The Balaban J connectivity index is 1.83. The first-order chi connectivity index (χ1) is 17.8. The second-order valence-electron chi connectivity index (χ2n) is 9.55. The Morgan fingerprint density at radius 3 is 2.38 bits per heavy atom. The molecule has 37 heavy (non-hydrogen) atoms. The van der Waals surface area contributed by atoms with E-state index in [0.29, 0.717) is 58.1 Å². The number of Topliss-reactive ketones (excluding diaryl/α,β-unsaturated/α-hetero) is 1. The maximum Gasteiger partial charge on any atom is 0.255 e. The Kier molecular flexibility index (Phi) is 8.07. The minimum atomic E-state index is -0.368. The lowest BCUT2D eigenvalue weighted by Gasteiger charge is -2.12. The number of nitrogens with one attached hydrogen (secondary N) is 1. The van der Waals surface area contributed by atoms with Crippen LogP contribution in [0.25, 0.3) is 33.4 Å². The van der Waals surface area contributed by atoms with Crippen LogP contribution in [0.3, 0.4) is 0 Å². The van der Waals surface area contributed by atoms with Crippen molar-refractivity contribution < 1.29 is 23.1 Å². The number of benzene rings is 3. The van der Waals surface area contributed by atoms with E-state index in [4.69, 9.17) is 9.15 Å². The van der Waals surface area contributed by atoms with Crippen LogP contribution in [-0.2, 0) is 0 Å². The summed E-state index contributed by atoms with van der Waals surface area (Å²) in [5.41, 5.74) is 3.76. The lowest BCUT2D eigenvalue weighted by atomic mass is 9.96. The summed E-state index contributed by atoms with van der Waals surface area (Å²) in [4.78, 5) is 25.9. The molecular formula is C31H32FNO4. The summed E-state index contributed by atoms with van der Waals surface area (Å²) >= 11 is 0. The number of ketones is 1. The average Bonchev–Trinajstić information content (AvgIpc) is 3.29. The monoisotopic (exact) mass is 501 g/mol. The number of amides is 1. The van der Waals surface area contributed by atoms with Crippen LogP contribution >= 0.6 is 0 Å². The summed E-state index contributed by atoms with van der Waals surface area (Å²) in [5.74, 6) is 0.845. The Bertz CT molecular complexity index is 1420. The van der Waals surface area contributed by atoms with E-state index in [1.165, 1.54) is 12.1 Å². The molecule has 1 amide bonds. The Morgan fingerprint density at radius 1 is 0.973 bits per heavy atom. The number of hydrogen-bond acceptors (Lipinski definition) is 4. The van der Waals surface area contributed by atoms with Gasteiger partial charge in [0.15, 0.2) is 5.78 Å². The fourth-order valence-electron chi connectivity index (χ4n) is 4.23. The van der Waals surface area contributed by atoms with Crippen LogP contribution < -0.4 is 10.1 Å². The highest BCUT2D eigenvalue weighted by molar-refractivity contribution is 6.12. The van der Waals surface area contributed by atoms with E-state index in [-0.39, 0.29) is 17.5 Å². The van der Waals surface area contributed by atoms with E-state index < -0.39 is 0 Å². The minimum Gasteiger partial charge on any atom is -0.494 e. The summed E-state index contributed by atoms with van der Waals surface area (Å²) in [6, 6.07) is 17.0. The fourth-order valence-corrected chi connectivity index (χ4v) is 4.23. The zero-order valence-electron chi connectivity index (χ0n) is 21.7. The zero-order valence-corrected chi connectivity index (χ0v) is 21.7. The molecule has 0 saturated heterocycles. The van der Waals surface area contributed by atoms with Crippen molar-refractivity contribution in [2.75, 3.05) is 13.7 Å². The van der Waals surface area contributed by atoms with Gasteiger partial charge in [-0.3, -0.25) is 9.59 Å². The molecule has 4 rings (SSSR count). The lowest BCUT2D eigenvalue weighted by molar-refractivity contribution is 0.0960. The van der Waals surface area contributed by atoms with Gasteiger partial charge in [0.2, 0.25) is 0 Å². The predicted molar refractivity (Wildman–Crippen MR) is 145 cm³/mol. The molecule has 0 aliphatic heterocycles. The van der Waals surface area contributed by atoms with Gasteiger partial charge in [-0.1, -0.05) is 26.8 Å². The number of furan rings is 1. The lowest BCUT2D eigenvalue weighted by Crippen LogP contribution is -2.18. The highest BCUT2D eigenvalue weighted by Crippen LogP contribution is 2.37. The molecule has 0 fully saturated rings. The third-order valence-electron chi connectivity index (χ3n) is 6.23. The second kappa shape index (κ2) is 11.4. The molecule has 0 aliphatic carbocycles. The van der Waals surface area contributed by atoms with Crippen LogP contribution in [0.2, 0.25) is 0 Å². The number of carbonyl (C=O) groups is 2. The first kappa shape index (κ1) is 26.1. The van der Waals surface area contributed by atoms with Gasteiger partial charge < -0.3 is 14.5 Å². The summed E-state index contributed by atoms with van der Waals surface area (Å²) < 4.78 is 25.5. The van der Waals surface area contributed by atoms with Crippen LogP contribution in [0.1, 0.15) is 60.7 Å². The number of fused-ring (bicyclic) bond motifs is 1. The Labute approximate surface area is 216 Å². The summed E-state index contributed by atoms with van der Waals surface area (Å²) in [6.45, 7) is 6.78. The molecule has 0 bridgehead atoms. The molecule has 0 atom stereocenters. The molecule has 1 heterocycles. The molecule has 0 spiro atoms. The second-order valence-corrected chi connectivity index (χ2v) is 9.55. The van der Waals surface area contributed by atoms with Crippen LogP contribution in [0.4, 0.5) is 4.39 Å². The van der Waals surface area contributed by atoms with Crippen molar-refractivity contribution >= 4 is 22.7 Å². The van der Waals surface area contributed by atoms with Gasteiger partial charge in [0.1, 0.15) is 22.9 Å². The maximum atomic E-state index is 13.5. The van der Waals surface area contributed by atoms with Crippen molar-refractivity contribution in [1.82, 2.24) is 5.32 Å².